The Morgan fingerprint density at radius 1 is 1.25 bits per heavy atom. The molecule has 82 valence electrons. The van der Waals surface area contributed by atoms with Gasteiger partial charge in [0.05, 0.1) is 12.3 Å². The van der Waals surface area contributed by atoms with Gasteiger partial charge in [-0.05, 0) is 42.6 Å². The number of benzene rings is 1. The smallest absolute Gasteiger partial charge is 0.119 e. The van der Waals surface area contributed by atoms with Crippen LogP contribution in [0, 0.1) is 0 Å². The fourth-order valence-corrected chi connectivity index (χ4v) is 1.88. The highest BCUT2D eigenvalue weighted by molar-refractivity contribution is 7.11. The number of ether oxygens (including phenoxy) is 1. The highest BCUT2D eigenvalue weighted by atomic mass is 32.1. The molecule has 0 aliphatic rings. The van der Waals surface area contributed by atoms with Gasteiger partial charge in [0.25, 0.3) is 0 Å². The van der Waals surface area contributed by atoms with E-state index in [2.05, 4.69) is 4.99 Å². The zero-order valence-electron chi connectivity index (χ0n) is 9.09. The van der Waals surface area contributed by atoms with E-state index in [4.69, 9.17) is 4.74 Å². The van der Waals surface area contributed by atoms with Crippen molar-refractivity contribution < 1.29 is 4.74 Å². The topological polar surface area (TPSA) is 21.6 Å². The molecule has 0 aliphatic heterocycles. The molecule has 1 aromatic carbocycles. The van der Waals surface area contributed by atoms with Crippen molar-refractivity contribution in [1.29, 1.82) is 0 Å². The summed E-state index contributed by atoms with van der Waals surface area (Å²) in [5, 5.41) is 2.04. The third-order valence-electron chi connectivity index (χ3n) is 2.03. The molecule has 0 bridgehead atoms. The van der Waals surface area contributed by atoms with Crippen LogP contribution in [0.3, 0.4) is 0 Å². The van der Waals surface area contributed by atoms with Crippen LogP contribution in [0.15, 0.2) is 46.8 Å². The number of hydrogen-bond donors (Lipinski definition) is 0. The molecule has 0 amide bonds. The van der Waals surface area contributed by atoms with E-state index >= 15 is 0 Å². The molecular formula is C13H13NOS. The van der Waals surface area contributed by atoms with E-state index in [1.807, 2.05) is 54.9 Å². The van der Waals surface area contributed by atoms with Crippen LogP contribution in [0.4, 0.5) is 5.69 Å². The molecule has 0 saturated carbocycles. The predicted octanol–water partition coefficient (Wildman–Crippen LogP) is 3.90. The molecular weight excluding hydrogens is 218 g/mol. The zero-order chi connectivity index (χ0) is 11.2. The van der Waals surface area contributed by atoms with Gasteiger partial charge in [0.15, 0.2) is 0 Å². The zero-order valence-corrected chi connectivity index (χ0v) is 9.91. The number of nitrogens with zero attached hydrogens (tertiary/aromatic N) is 1. The van der Waals surface area contributed by atoms with Crippen LogP contribution < -0.4 is 4.74 Å². The molecule has 1 heterocycles. The second kappa shape index (κ2) is 5.47. The lowest BCUT2D eigenvalue weighted by molar-refractivity contribution is 0.340. The Hall–Kier alpha value is -1.61. The summed E-state index contributed by atoms with van der Waals surface area (Å²) in [6, 6.07) is 11.8. The molecule has 0 N–H and O–H groups in total. The Morgan fingerprint density at radius 3 is 2.69 bits per heavy atom. The summed E-state index contributed by atoms with van der Waals surface area (Å²) >= 11 is 1.68. The maximum atomic E-state index is 5.36. The van der Waals surface area contributed by atoms with Crippen molar-refractivity contribution in [2.75, 3.05) is 6.61 Å². The number of rotatable bonds is 4. The molecule has 0 aliphatic carbocycles. The van der Waals surface area contributed by atoms with Crippen LogP contribution in [0.5, 0.6) is 5.75 Å². The van der Waals surface area contributed by atoms with E-state index in [1.165, 1.54) is 0 Å². The average Bonchev–Trinajstić information content (AvgIpc) is 2.82. The molecule has 0 radical (unpaired) electrons. The van der Waals surface area contributed by atoms with E-state index in [0.29, 0.717) is 6.61 Å². The lowest BCUT2D eigenvalue weighted by Gasteiger charge is -2.01. The highest BCUT2D eigenvalue weighted by Crippen LogP contribution is 2.18. The second-order valence-corrected chi connectivity index (χ2v) is 4.18. The van der Waals surface area contributed by atoms with Gasteiger partial charge in [0.2, 0.25) is 0 Å². The van der Waals surface area contributed by atoms with Gasteiger partial charge in [-0.15, -0.1) is 11.3 Å². The Balaban J connectivity index is 2.05. The van der Waals surface area contributed by atoms with Gasteiger partial charge in [-0.2, -0.15) is 0 Å². The second-order valence-electron chi connectivity index (χ2n) is 3.20. The van der Waals surface area contributed by atoms with E-state index in [9.17, 15) is 0 Å². The first-order chi connectivity index (χ1) is 7.88. The molecule has 0 spiro atoms. The van der Waals surface area contributed by atoms with Gasteiger partial charge >= 0.3 is 0 Å². The third-order valence-corrected chi connectivity index (χ3v) is 2.84. The molecule has 0 fully saturated rings. The molecule has 2 nitrogen and oxygen atoms in total. The lowest BCUT2D eigenvalue weighted by atomic mass is 10.3. The number of thiophene rings is 1. The van der Waals surface area contributed by atoms with E-state index in [-0.39, 0.29) is 0 Å². The highest BCUT2D eigenvalue weighted by Gasteiger charge is 1.92. The number of aliphatic imine (C=N–C) groups is 1. The van der Waals surface area contributed by atoms with Crippen molar-refractivity contribution in [1.82, 2.24) is 0 Å². The summed E-state index contributed by atoms with van der Waals surface area (Å²) in [6.45, 7) is 2.67. The van der Waals surface area contributed by atoms with E-state index in [0.717, 1.165) is 16.3 Å². The first-order valence-corrected chi connectivity index (χ1v) is 6.07. The maximum absolute atomic E-state index is 5.36. The van der Waals surface area contributed by atoms with Gasteiger partial charge in [-0.25, -0.2) is 0 Å². The molecule has 1 aromatic heterocycles. The fourth-order valence-electron chi connectivity index (χ4n) is 1.30. The molecule has 2 rings (SSSR count). The van der Waals surface area contributed by atoms with Gasteiger partial charge in [0.1, 0.15) is 5.75 Å². The normalized spacial score (nSPS) is 10.8. The van der Waals surface area contributed by atoms with Crippen molar-refractivity contribution in [2.45, 2.75) is 6.92 Å². The first-order valence-electron chi connectivity index (χ1n) is 5.19. The molecule has 0 saturated heterocycles. The van der Waals surface area contributed by atoms with Crippen molar-refractivity contribution in [3.05, 3.63) is 46.7 Å². The Morgan fingerprint density at radius 2 is 2.06 bits per heavy atom. The molecule has 16 heavy (non-hydrogen) atoms. The Labute approximate surface area is 99.2 Å². The van der Waals surface area contributed by atoms with E-state index in [1.54, 1.807) is 11.3 Å². The van der Waals surface area contributed by atoms with Crippen molar-refractivity contribution in [2.24, 2.45) is 4.99 Å². The van der Waals surface area contributed by atoms with Crippen LogP contribution in [0.25, 0.3) is 0 Å². The van der Waals surface area contributed by atoms with Crippen LogP contribution in [-0.4, -0.2) is 12.8 Å². The molecule has 0 unspecified atom stereocenters. The Bertz CT molecular complexity index is 445. The quantitative estimate of drug-likeness (QED) is 0.731. The summed E-state index contributed by atoms with van der Waals surface area (Å²) in [4.78, 5) is 5.54. The van der Waals surface area contributed by atoms with Crippen LogP contribution in [0.1, 0.15) is 11.8 Å². The maximum Gasteiger partial charge on any atom is 0.119 e. The van der Waals surface area contributed by atoms with Crippen molar-refractivity contribution in [3.8, 4) is 5.75 Å². The van der Waals surface area contributed by atoms with Crippen LogP contribution in [0.2, 0.25) is 0 Å². The van der Waals surface area contributed by atoms with Gasteiger partial charge < -0.3 is 4.74 Å². The summed E-state index contributed by atoms with van der Waals surface area (Å²) in [6.07, 6.45) is 1.88. The van der Waals surface area contributed by atoms with Crippen LogP contribution in [-0.2, 0) is 0 Å². The molecule has 2 aromatic rings. The molecule has 3 heteroatoms. The summed E-state index contributed by atoms with van der Waals surface area (Å²) in [7, 11) is 0. The van der Waals surface area contributed by atoms with Crippen molar-refractivity contribution >= 4 is 23.2 Å². The Kier molecular flexibility index (Phi) is 3.72. The first kappa shape index (κ1) is 10.9. The lowest BCUT2D eigenvalue weighted by Crippen LogP contribution is -1.89. The third kappa shape index (κ3) is 2.94. The van der Waals surface area contributed by atoms with E-state index < -0.39 is 0 Å². The fraction of sp³-hybridized carbons (Fsp3) is 0.154. The summed E-state index contributed by atoms with van der Waals surface area (Å²) in [5.74, 6) is 0.887. The summed E-state index contributed by atoms with van der Waals surface area (Å²) in [5.41, 5.74) is 0.942. The monoisotopic (exact) mass is 231 g/mol. The predicted molar refractivity (Wildman–Crippen MR) is 69.2 cm³/mol. The minimum atomic E-state index is 0.692. The largest absolute Gasteiger partial charge is 0.494 e. The van der Waals surface area contributed by atoms with Crippen molar-refractivity contribution in [3.63, 3.8) is 0 Å². The standard InChI is InChI=1S/C13H13NOS/c1-2-15-12-7-5-11(6-8-12)14-10-13-4-3-9-16-13/h3-10H,2H2,1H3. The molecule has 0 atom stereocenters. The van der Waals surface area contributed by atoms with Gasteiger partial charge in [-0.3, -0.25) is 4.99 Å². The minimum absolute atomic E-state index is 0.692. The van der Waals surface area contributed by atoms with Crippen LogP contribution >= 0.6 is 11.3 Å². The van der Waals surface area contributed by atoms with Gasteiger partial charge in [-0.1, -0.05) is 6.07 Å². The summed E-state index contributed by atoms with van der Waals surface area (Å²) < 4.78 is 5.36. The average molecular weight is 231 g/mol. The SMILES string of the molecule is CCOc1ccc(N=Cc2cccs2)cc1. The minimum Gasteiger partial charge on any atom is -0.494 e. The van der Waals surface area contributed by atoms with Gasteiger partial charge in [0, 0.05) is 11.1 Å². The number of hydrogen-bond acceptors (Lipinski definition) is 3.